The van der Waals surface area contributed by atoms with Crippen LogP contribution in [0, 0.1) is 5.41 Å². The predicted molar refractivity (Wildman–Crippen MR) is 41.0 cm³/mol. The quantitative estimate of drug-likeness (QED) is 0.685. The fourth-order valence-corrected chi connectivity index (χ4v) is 0.781. The van der Waals surface area contributed by atoms with Crippen molar-refractivity contribution in [2.75, 3.05) is 6.61 Å². The Morgan fingerprint density at radius 2 is 2.00 bits per heavy atom. The number of hydrogen-bond donors (Lipinski definition) is 1. The van der Waals surface area contributed by atoms with Crippen LogP contribution in [0.1, 0.15) is 27.2 Å². The van der Waals surface area contributed by atoms with Gasteiger partial charge < -0.3 is 0 Å². The van der Waals surface area contributed by atoms with Gasteiger partial charge in [0.1, 0.15) is 0 Å². The van der Waals surface area contributed by atoms with Gasteiger partial charge >= 0.3 is 7.91 Å². The molecule has 0 aromatic carbocycles. The van der Waals surface area contributed by atoms with Crippen molar-refractivity contribution in [1.29, 1.82) is 0 Å². The molecule has 0 aliphatic carbocycles. The molecule has 1 N–H and O–H groups in total. The van der Waals surface area contributed by atoms with E-state index in [0.717, 1.165) is 0 Å². The van der Waals surface area contributed by atoms with Crippen LogP contribution in [0.25, 0.3) is 0 Å². The third-order valence-electron chi connectivity index (χ3n) is 1.10. The van der Waals surface area contributed by atoms with Gasteiger partial charge in [-0.05, 0) is 11.8 Å². The first-order valence-electron chi connectivity index (χ1n) is 3.38. The zero-order chi connectivity index (χ0) is 9.12. The maximum atomic E-state index is 11.9. The van der Waals surface area contributed by atoms with Gasteiger partial charge in [0.05, 0.1) is 6.61 Å². The van der Waals surface area contributed by atoms with Crippen LogP contribution in [0.3, 0.4) is 0 Å². The van der Waals surface area contributed by atoms with Gasteiger partial charge in [-0.3, -0.25) is 9.42 Å². The van der Waals surface area contributed by atoms with Gasteiger partial charge in [0.15, 0.2) is 0 Å². The standard InChI is InChI=1S/C6H14FO3P/c1-6(2,3)4-5-10-11(7,8)9/h4-5H2,1-3H3,(H,8,9). The van der Waals surface area contributed by atoms with Gasteiger partial charge in [0.2, 0.25) is 0 Å². The van der Waals surface area contributed by atoms with E-state index in [1.165, 1.54) is 0 Å². The lowest BCUT2D eigenvalue weighted by Gasteiger charge is -2.17. The van der Waals surface area contributed by atoms with Gasteiger partial charge in [-0.25, -0.2) is 4.57 Å². The lowest BCUT2D eigenvalue weighted by atomic mass is 9.93. The Kier molecular flexibility index (Phi) is 3.68. The van der Waals surface area contributed by atoms with Crippen LogP contribution >= 0.6 is 7.91 Å². The molecule has 0 amide bonds. The molecule has 0 bridgehead atoms. The van der Waals surface area contributed by atoms with Crippen molar-refractivity contribution in [2.45, 2.75) is 27.2 Å². The van der Waals surface area contributed by atoms with Crippen molar-refractivity contribution in [1.82, 2.24) is 0 Å². The predicted octanol–water partition coefficient (Wildman–Crippen LogP) is 2.51. The van der Waals surface area contributed by atoms with Crippen LogP contribution in [0.5, 0.6) is 0 Å². The van der Waals surface area contributed by atoms with E-state index in [4.69, 9.17) is 4.89 Å². The zero-order valence-corrected chi connectivity index (χ0v) is 7.90. The first-order chi connectivity index (χ1) is 4.71. The molecule has 11 heavy (non-hydrogen) atoms. The summed E-state index contributed by atoms with van der Waals surface area (Å²) in [6.07, 6.45) is 0.557. The fourth-order valence-electron chi connectivity index (χ4n) is 0.464. The van der Waals surface area contributed by atoms with Crippen LogP contribution in [0.15, 0.2) is 0 Å². The highest BCUT2D eigenvalue weighted by Gasteiger charge is 2.18. The van der Waals surface area contributed by atoms with Crippen molar-refractivity contribution in [3.05, 3.63) is 0 Å². The molecule has 0 spiro atoms. The molecule has 0 aromatic heterocycles. The summed E-state index contributed by atoms with van der Waals surface area (Å²) in [5.74, 6) is 0. The van der Waals surface area contributed by atoms with Crippen LogP contribution in [0.2, 0.25) is 0 Å². The Hall–Kier alpha value is 0.0800. The maximum absolute atomic E-state index is 11.9. The molecule has 5 heteroatoms. The maximum Gasteiger partial charge on any atom is 0.510 e. The lowest BCUT2D eigenvalue weighted by molar-refractivity contribution is 0.193. The molecule has 0 saturated heterocycles. The zero-order valence-electron chi connectivity index (χ0n) is 7.00. The van der Waals surface area contributed by atoms with Gasteiger partial charge in [0.25, 0.3) is 0 Å². The molecule has 0 aliphatic heterocycles. The Labute approximate surface area is 66.2 Å². The fraction of sp³-hybridized carbons (Fsp3) is 1.00. The van der Waals surface area contributed by atoms with Crippen molar-refractivity contribution >= 4 is 7.91 Å². The van der Waals surface area contributed by atoms with E-state index in [9.17, 15) is 8.76 Å². The minimum Gasteiger partial charge on any atom is -0.299 e. The van der Waals surface area contributed by atoms with E-state index in [1.54, 1.807) is 0 Å². The normalized spacial score (nSPS) is 17.9. The van der Waals surface area contributed by atoms with Crippen molar-refractivity contribution < 1.29 is 18.2 Å². The number of rotatable bonds is 3. The van der Waals surface area contributed by atoms with Crippen LogP contribution < -0.4 is 0 Å². The highest BCUT2D eigenvalue weighted by Crippen LogP contribution is 2.43. The Morgan fingerprint density at radius 3 is 2.27 bits per heavy atom. The van der Waals surface area contributed by atoms with Gasteiger partial charge in [0, 0.05) is 0 Å². The molecule has 3 nitrogen and oxygen atoms in total. The molecule has 1 unspecified atom stereocenters. The van der Waals surface area contributed by atoms with Crippen molar-refractivity contribution in [3.8, 4) is 0 Å². The molecule has 0 fully saturated rings. The molecule has 0 saturated carbocycles. The lowest BCUT2D eigenvalue weighted by Crippen LogP contribution is -2.08. The van der Waals surface area contributed by atoms with Crippen molar-refractivity contribution in [2.24, 2.45) is 5.41 Å². The van der Waals surface area contributed by atoms with Crippen molar-refractivity contribution in [3.63, 3.8) is 0 Å². The largest absolute Gasteiger partial charge is 0.510 e. The van der Waals surface area contributed by atoms with E-state index in [-0.39, 0.29) is 12.0 Å². The summed E-state index contributed by atoms with van der Waals surface area (Å²) in [5.41, 5.74) is -0.00479. The Balaban J connectivity index is 3.52. The van der Waals surface area contributed by atoms with E-state index < -0.39 is 7.91 Å². The molecular formula is C6H14FO3P. The molecule has 0 heterocycles. The molecule has 1 atom stereocenters. The summed E-state index contributed by atoms with van der Waals surface area (Å²) < 4.78 is 25.9. The monoisotopic (exact) mass is 184 g/mol. The van der Waals surface area contributed by atoms with Crippen LogP contribution in [0.4, 0.5) is 4.20 Å². The minimum absolute atomic E-state index is 0.00479. The number of hydrogen-bond acceptors (Lipinski definition) is 2. The summed E-state index contributed by atoms with van der Waals surface area (Å²) in [7, 11) is -4.75. The molecule has 0 aliphatic rings. The first kappa shape index (κ1) is 11.1. The van der Waals surface area contributed by atoms with Crippen LogP contribution in [-0.4, -0.2) is 11.5 Å². The minimum atomic E-state index is -4.75. The van der Waals surface area contributed by atoms with Gasteiger partial charge in [-0.2, -0.15) is 0 Å². The third-order valence-corrected chi connectivity index (χ3v) is 1.60. The molecule has 0 rings (SSSR count). The van der Waals surface area contributed by atoms with Gasteiger partial charge in [-0.1, -0.05) is 20.8 Å². The second-order valence-electron chi connectivity index (χ2n) is 3.60. The van der Waals surface area contributed by atoms with E-state index in [1.807, 2.05) is 20.8 Å². The molecule has 68 valence electrons. The molecule has 0 radical (unpaired) electrons. The first-order valence-corrected chi connectivity index (χ1v) is 4.84. The summed E-state index contributed by atoms with van der Waals surface area (Å²) >= 11 is 0. The van der Waals surface area contributed by atoms with E-state index in [0.29, 0.717) is 6.42 Å². The second kappa shape index (κ2) is 3.65. The van der Waals surface area contributed by atoms with Gasteiger partial charge in [-0.15, -0.1) is 4.20 Å². The highest BCUT2D eigenvalue weighted by atomic mass is 31.2. The Morgan fingerprint density at radius 1 is 1.55 bits per heavy atom. The second-order valence-corrected chi connectivity index (χ2v) is 4.76. The average molecular weight is 184 g/mol. The summed E-state index contributed by atoms with van der Waals surface area (Å²) in [6.45, 7) is 5.80. The van der Waals surface area contributed by atoms with Crippen LogP contribution in [-0.2, 0) is 9.09 Å². The number of halogens is 1. The average Bonchev–Trinajstić information content (AvgIpc) is 1.55. The summed E-state index contributed by atoms with van der Waals surface area (Å²) in [4.78, 5) is 8.08. The third kappa shape index (κ3) is 10.1. The molecule has 0 aromatic rings. The smallest absolute Gasteiger partial charge is 0.299 e. The van der Waals surface area contributed by atoms with E-state index >= 15 is 0 Å². The molecular weight excluding hydrogens is 170 g/mol. The van der Waals surface area contributed by atoms with E-state index in [2.05, 4.69) is 4.52 Å². The highest BCUT2D eigenvalue weighted by molar-refractivity contribution is 7.46. The summed E-state index contributed by atoms with van der Waals surface area (Å²) in [5, 5.41) is 0. The topological polar surface area (TPSA) is 46.5 Å². The SMILES string of the molecule is CC(C)(C)CCOP(=O)(O)F. The summed E-state index contributed by atoms with van der Waals surface area (Å²) in [6, 6.07) is 0. The Bertz CT molecular complexity index is 158.